The van der Waals surface area contributed by atoms with E-state index < -0.39 is 0 Å². The summed E-state index contributed by atoms with van der Waals surface area (Å²) in [6, 6.07) is 0. The molecule has 0 aliphatic heterocycles. The summed E-state index contributed by atoms with van der Waals surface area (Å²) in [6.07, 6.45) is 6.69. The third-order valence-corrected chi connectivity index (χ3v) is 5.01. The maximum atomic E-state index is 5.73. The van der Waals surface area contributed by atoms with Crippen LogP contribution in [0.4, 0.5) is 0 Å². The van der Waals surface area contributed by atoms with Crippen molar-refractivity contribution in [1.82, 2.24) is 10.3 Å². The van der Waals surface area contributed by atoms with Crippen LogP contribution in [0.3, 0.4) is 0 Å². The SMILES string of the molecule is CCc1cnc(CNCCCC(CCN)C(C)(C)C)s1. The molecular formula is C16H31N3S. The number of hydrogen-bond acceptors (Lipinski definition) is 4. The van der Waals surface area contributed by atoms with E-state index in [0.717, 1.165) is 38.4 Å². The highest BCUT2D eigenvalue weighted by molar-refractivity contribution is 7.11. The highest BCUT2D eigenvalue weighted by atomic mass is 32.1. The van der Waals surface area contributed by atoms with Gasteiger partial charge in [-0.2, -0.15) is 0 Å². The number of rotatable bonds is 9. The van der Waals surface area contributed by atoms with Crippen molar-refractivity contribution in [3.05, 3.63) is 16.1 Å². The van der Waals surface area contributed by atoms with Gasteiger partial charge in [-0.25, -0.2) is 4.98 Å². The molecule has 1 rings (SSSR count). The molecule has 0 spiro atoms. The van der Waals surface area contributed by atoms with Crippen molar-refractivity contribution in [2.24, 2.45) is 17.1 Å². The molecule has 1 aromatic rings. The number of aromatic nitrogens is 1. The molecule has 0 amide bonds. The van der Waals surface area contributed by atoms with E-state index in [0.29, 0.717) is 5.41 Å². The fourth-order valence-electron chi connectivity index (χ4n) is 2.47. The third kappa shape index (κ3) is 6.33. The molecule has 20 heavy (non-hydrogen) atoms. The Balaban J connectivity index is 2.20. The Morgan fingerprint density at radius 2 is 2.10 bits per heavy atom. The zero-order valence-corrected chi connectivity index (χ0v) is 14.4. The molecule has 0 aromatic carbocycles. The predicted octanol–water partition coefficient (Wildman–Crippen LogP) is 3.59. The van der Waals surface area contributed by atoms with E-state index in [4.69, 9.17) is 5.73 Å². The van der Waals surface area contributed by atoms with Gasteiger partial charge in [-0.3, -0.25) is 0 Å². The summed E-state index contributed by atoms with van der Waals surface area (Å²) in [5, 5.41) is 4.71. The van der Waals surface area contributed by atoms with Crippen molar-refractivity contribution in [3.8, 4) is 0 Å². The minimum Gasteiger partial charge on any atom is -0.330 e. The van der Waals surface area contributed by atoms with Crippen molar-refractivity contribution >= 4 is 11.3 Å². The molecule has 4 heteroatoms. The summed E-state index contributed by atoms with van der Waals surface area (Å²) >= 11 is 1.82. The lowest BCUT2D eigenvalue weighted by molar-refractivity contribution is 0.210. The smallest absolute Gasteiger partial charge is 0.107 e. The van der Waals surface area contributed by atoms with E-state index in [1.165, 1.54) is 22.7 Å². The van der Waals surface area contributed by atoms with Crippen LogP contribution in [-0.4, -0.2) is 18.1 Å². The Labute approximate surface area is 128 Å². The lowest BCUT2D eigenvalue weighted by atomic mass is 9.76. The topological polar surface area (TPSA) is 50.9 Å². The van der Waals surface area contributed by atoms with Gasteiger partial charge in [-0.05, 0) is 50.1 Å². The van der Waals surface area contributed by atoms with Gasteiger partial charge in [-0.15, -0.1) is 11.3 Å². The standard InChI is InChI=1S/C16H31N3S/c1-5-14-11-19-15(20-14)12-18-10-6-7-13(8-9-17)16(2,3)4/h11,13,18H,5-10,12,17H2,1-4H3. The fraction of sp³-hybridized carbons (Fsp3) is 0.812. The minimum atomic E-state index is 0.366. The molecule has 3 nitrogen and oxygen atoms in total. The van der Waals surface area contributed by atoms with Gasteiger partial charge < -0.3 is 11.1 Å². The summed E-state index contributed by atoms with van der Waals surface area (Å²) < 4.78 is 0. The Hall–Kier alpha value is -0.450. The van der Waals surface area contributed by atoms with E-state index in [1.807, 2.05) is 17.5 Å². The molecule has 0 saturated carbocycles. The molecule has 0 fully saturated rings. The van der Waals surface area contributed by atoms with Crippen molar-refractivity contribution in [2.75, 3.05) is 13.1 Å². The lowest BCUT2D eigenvalue weighted by Gasteiger charge is -2.30. The molecule has 0 saturated heterocycles. The van der Waals surface area contributed by atoms with Crippen LogP contribution >= 0.6 is 11.3 Å². The fourth-order valence-corrected chi connectivity index (χ4v) is 3.31. The van der Waals surface area contributed by atoms with Gasteiger partial charge in [0.15, 0.2) is 0 Å². The Morgan fingerprint density at radius 3 is 2.65 bits per heavy atom. The van der Waals surface area contributed by atoms with Crippen LogP contribution < -0.4 is 11.1 Å². The summed E-state index contributed by atoms with van der Waals surface area (Å²) in [7, 11) is 0. The van der Waals surface area contributed by atoms with Crippen LogP contribution in [0.2, 0.25) is 0 Å². The van der Waals surface area contributed by atoms with Gasteiger partial charge in [0.1, 0.15) is 5.01 Å². The van der Waals surface area contributed by atoms with Gasteiger partial charge in [0.2, 0.25) is 0 Å². The van der Waals surface area contributed by atoms with Crippen molar-refractivity contribution in [1.29, 1.82) is 0 Å². The summed E-state index contributed by atoms with van der Waals surface area (Å²) in [6.45, 7) is 11.9. The van der Waals surface area contributed by atoms with E-state index >= 15 is 0 Å². The first kappa shape index (κ1) is 17.6. The molecule has 0 aliphatic carbocycles. The Bertz CT molecular complexity index is 368. The van der Waals surface area contributed by atoms with E-state index in [9.17, 15) is 0 Å². The normalized spacial score (nSPS) is 13.7. The third-order valence-electron chi connectivity index (χ3n) is 3.87. The second-order valence-electron chi connectivity index (χ2n) is 6.53. The molecule has 3 N–H and O–H groups in total. The summed E-state index contributed by atoms with van der Waals surface area (Å²) in [4.78, 5) is 5.80. The van der Waals surface area contributed by atoms with Gasteiger partial charge >= 0.3 is 0 Å². The van der Waals surface area contributed by atoms with Crippen molar-refractivity contribution in [2.45, 2.75) is 59.9 Å². The zero-order valence-electron chi connectivity index (χ0n) is 13.5. The molecule has 1 unspecified atom stereocenters. The summed E-state index contributed by atoms with van der Waals surface area (Å²) in [5.41, 5.74) is 6.09. The van der Waals surface area contributed by atoms with Crippen LogP contribution in [0.1, 0.15) is 56.8 Å². The number of nitrogens with two attached hydrogens (primary N) is 1. The Morgan fingerprint density at radius 1 is 1.35 bits per heavy atom. The second-order valence-corrected chi connectivity index (χ2v) is 7.73. The monoisotopic (exact) mass is 297 g/mol. The molecule has 1 heterocycles. The number of nitrogens with one attached hydrogen (secondary N) is 1. The van der Waals surface area contributed by atoms with E-state index in [-0.39, 0.29) is 0 Å². The quantitative estimate of drug-likeness (QED) is 0.685. The minimum absolute atomic E-state index is 0.366. The second kappa shape index (κ2) is 8.75. The van der Waals surface area contributed by atoms with Crippen LogP contribution in [0.25, 0.3) is 0 Å². The molecule has 0 bridgehead atoms. The predicted molar refractivity (Wildman–Crippen MR) is 89.0 cm³/mol. The highest BCUT2D eigenvalue weighted by Gasteiger charge is 2.22. The molecule has 1 aromatic heterocycles. The van der Waals surface area contributed by atoms with Gasteiger partial charge in [-0.1, -0.05) is 27.7 Å². The summed E-state index contributed by atoms with van der Waals surface area (Å²) in [5.74, 6) is 0.723. The van der Waals surface area contributed by atoms with Crippen LogP contribution in [-0.2, 0) is 13.0 Å². The number of thiazole rings is 1. The van der Waals surface area contributed by atoms with Crippen molar-refractivity contribution < 1.29 is 0 Å². The number of hydrogen-bond donors (Lipinski definition) is 2. The Kier molecular flexibility index (Phi) is 7.70. The maximum absolute atomic E-state index is 5.73. The molecular weight excluding hydrogens is 266 g/mol. The van der Waals surface area contributed by atoms with Gasteiger partial charge in [0.25, 0.3) is 0 Å². The van der Waals surface area contributed by atoms with Crippen molar-refractivity contribution in [3.63, 3.8) is 0 Å². The molecule has 0 aliphatic rings. The number of nitrogens with zero attached hydrogens (tertiary/aromatic N) is 1. The lowest BCUT2D eigenvalue weighted by Crippen LogP contribution is -2.25. The van der Waals surface area contributed by atoms with Gasteiger partial charge in [0.05, 0.1) is 0 Å². The van der Waals surface area contributed by atoms with Crippen LogP contribution in [0.15, 0.2) is 6.20 Å². The first-order valence-electron chi connectivity index (χ1n) is 7.81. The number of aryl methyl sites for hydroxylation is 1. The largest absolute Gasteiger partial charge is 0.330 e. The van der Waals surface area contributed by atoms with E-state index in [1.54, 1.807) is 0 Å². The average molecular weight is 298 g/mol. The first-order valence-corrected chi connectivity index (χ1v) is 8.63. The van der Waals surface area contributed by atoms with Crippen LogP contribution in [0.5, 0.6) is 0 Å². The molecule has 1 atom stereocenters. The maximum Gasteiger partial charge on any atom is 0.107 e. The molecule has 0 radical (unpaired) electrons. The molecule has 116 valence electrons. The van der Waals surface area contributed by atoms with Gasteiger partial charge in [0, 0.05) is 17.6 Å². The van der Waals surface area contributed by atoms with Crippen LogP contribution in [0, 0.1) is 11.3 Å². The zero-order chi connectivity index (χ0) is 15.0. The first-order chi connectivity index (χ1) is 9.47. The highest BCUT2D eigenvalue weighted by Crippen LogP contribution is 2.31. The average Bonchev–Trinajstić information content (AvgIpc) is 2.84. The van der Waals surface area contributed by atoms with E-state index in [2.05, 4.69) is 38.0 Å².